The molecule has 2 fully saturated rings. The molecule has 0 radical (unpaired) electrons. The second kappa shape index (κ2) is 30.9. The van der Waals surface area contributed by atoms with E-state index in [2.05, 4.69) is 55.6 Å². The number of amides is 1. The Kier molecular flexibility index (Phi) is 27.7. The number of nitrogens with one attached hydrogen (secondary N) is 1. The summed E-state index contributed by atoms with van der Waals surface area (Å²) in [5.41, 5.74) is 0. The molecule has 0 spiro atoms. The molecule has 57 heavy (non-hydrogen) atoms. The van der Waals surface area contributed by atoms with Crippen molar-refractivity contribution in [2.75, 3.05) is 19.8 Å². The van der Waals surface area contributed by atoms with Gasteiger partial charge in [-0.2, -0.15) is 0 Å². The molecule has 0 bridgehead atoms. The average Bonchev–Trinajstić information content (AvgIpc) is 3.21. The van der Waals surface area contributed by atoms with Gasteiger partial charge in [0.25, 0.3) is 0 Å². The lowest BCUT2D eigenvalue weighted by Crippen LogP contribution is -2.65. The molecular weight excluding hydrogens is 738 g/mol. The molecule has 1 amide bonds. The summed E-state index contributed by atoms with van der Waals surface area (Å²) in [6.07, 6.45) is 16.0. The number of aliphatic hydroxyl groups is 8. The van der Waals surface area contributed by atoms with Gasteiger partial charge in [0, 0.05) is 6.42 Å². The molecule has 12 atom stereocenters. The molecule has 2 aliphatic heterocycles. The summed E-state index contributed by atoms with van der Waals surface area (Å²) >= 11 is 0. The van der Waals surface area contributed by atoms with Gasteiger partial charge < -0.3 is 65.1 Å². The van der Waals surface area contributed by atoms with Crippen LogP contribution in [-0.4, -0.2) is 140 Å². The highest BCUT2D eigenvalue weighted by molar-refractivity contribution is 5.76. The van der Waals surface area contributed by atoms with Crippen LogP contribution in [0.25, 0.3) is 0 Å². The first-order valence-electron chi connectivity index (χ1n) is 21.4. The summed E-state index contributed by atoms with van der Waals surface area (Å²) in [5, 5.41) is 86.2. The molecular formula is C43H75NO13. The largest absolute Gasteiger partial charge is 0.394 e. The molecule has 2 aliphatic rings. The summed E-state index contributed by atoms with van der Waals surface area (Å²) in [7, 11) is 0. The van der Waals surface area contributed by atoms with Crippen molar-refractivity contribution < 1.29 is 64.6 Å². The zero-order chi connectivity index (χ0) is 41.8. The summed E-state index contributed by atoms with van der Waals surface area (Å²) < 4.78 is 22.5. The number of carbonyl (C=O) groups is 1. The van der Waals surface area contributed by atoms with E-state index in [1.54, 1.807) is 6.08 Å². The van der Waals surface area contributed by atoms with Crippen LogP contribution in [0.1, 0.15) is 123 Å². The third-order valence-electron chi connectivity index (χ3n) is 10.3. The van der Waals surface area contributed by atoms with Crippen molar-refractivity contribution in [2.45, 2.75) is 197 Å². The monoisotopic (exact) mass is 814 g/mol. The highest BCUT2D eigenvalue weighted by Crippen LogP contribution is 2.29. The first kappa shape index (κ1) is 51.1. The maximum atomic E-state index is 13.0. The fraction of sp³-hybridized carbons (Fsp3) is 0.791. The number of ether oxygens (including phenoxy) is 4. The van der Waals surface area contributed by atoms with Gasteiger partial charge in [-0.1, -0.05) is 114 Å². The van der Waals surface area contributed by atoms with E-state index in [4.69, 9.17) is 18.9 Å². The number of hydrogen-bond acceptors (Lipinski definition) is 13. The SMILES string of the molecule is CC/C=C\C/C=C\C/C=C\CCCCCC(=O)NC(COC1OC(CO)C(OC2OC(CO)C(O)C(O)C2O)C(O)C1O)C(O)/C=C/CCCCCCCCCC. The Bertz CT molecular complexity index is 1150. The van der Waals surface area contributed by atoms with Gasteiger partial charge in [-0.05, 0) is 51.4 Å². The van der Waals surface area contributed by atoms with Gasteiger partial charge in [-0.25, -0.2) is 0 Å². The molecule has 0 aromatic carbocycles. The quantitative estimate of drug-likeness (QED) is 0.0375. The Labute approximate surface area is 340 Å². The van der Waals surface area contributed by atoms with Crippen molar-refractivity contribution in [1.29, 1.82) is 0 Å². The minimum Gasteiger partial charge on any atom is -0.394 e. The number of unbranched alkanes of at least 4 members (excludes halogenated alkanes) is 11. The third kappa shape index (κ3) is 19.7. The molecule has 2 rings (SSSR count). The van der Waals surface area contributed by atoms with Crippen LogP contribution in [0.3, 0.4) is 0 Å². The van der Waals surface area contributed by atoms with Crippen LogP contribution in [0.15, 0.2) is 48.6 Å². The van der Waals surface area contributed by atoms with E-state index in [0.29, 0.717) is 6.42 Å². The highest BCUT2D eigenvalue weighted by atomic mass is 16.7. The van der Waals surface area contributed by atoms with Crippen LogP contribution < -0.4 is 5.32 Å². The van der Waals surface area contributed by atoms with Crippen LogP contribution in [0.2, 0.25) is 0 Å². The summed E-state index contributed by atoms with van der Waals surface area (Å²) in [6.45, 7) is 2.57. The van der Waals surface area contributed by atoms with Crippen LogP contribution >= 0.6 is 0 Å². The summed E-state index contributed by atoms with van der Waals surface area (Å²) in [5.74, 6) is -0.275. The topological polar surface area (TPSA) is 228 Å². The van der Waals surface area contributed by atoms with Crippen molar-refractivity contribution in [2.24, 2.45) is 0 Å². The van der Waals surface area contributed by atoms with Crippen LogP contribution in [-0.2, 0) is 23.7 Å². The lowest BCUT2D eigenvalue weighted by molar-refractivity contribution is -0.359. The smallest absolute Gasteiger partial charge is 0.220 e. The number of hydrogen-bond donors (Lipinski definition) is 9. The van der Waals surface area contributed by atoms with Gasteiger partial charge in [-0.15, -0.1) is 0 Å². The maximum absolute atomic E-state index is 13.0. The molecule has 330 valence electrons. The van der Waals surface area contributed by atoms with Crippen molar-refractivity contribution >= 4 is 5.91 Å². The Morgan fingerprint density at radius 1 is 0.649 bits per heavy atom. The van der Waals surface area contributed by atoms with Gasteiger partial charge in [0.1, 0.15) is 48.8 Å². The minimum atomic E-state index is -1.79. The lowest BCUT2D eigenvalue weighted by Gasteiger charge is -2.46. The van der Waals surface area contributed by atoms with Crippen molar-refractivity contribution in [3.05, 3.63) is 48.6 Å². The molecule has 9 N–H and O–H groups in total. The first-order valence-corrected chi connectivity index (χ1v) is 21.4. The second-order valence-electron chi connectivity index (χ2n) is 15.1. The molecule has 14 heteroatoms. The standard InChI is InChI=1S/C43H75NO13/c1-3-5-7-9-11-13-15-16-17-19-21-23-25-27-35(48)44-31(32(47)26-24-22-20-18-14-12-10-8-6-4-2)30-54-42-40(53)38(51)41(34(29-46)56-42)57-43-39(52)37(50)36(49)33(28-45)55-43/h5,7,11,13,16-17,24,26,31-34,36-43,45-47,49-53H,3-4,6,8-10,12,14-15,18-23,25,27-30H2,1-2H3,(H,44,48)/b7-5-,13-11-,17-16-,26-24+. The maximum Gasteiger partial charge on any atom is 0.220 e. The fourth-order valence-corrected chi connectivity index (χ4v) is 6.71. The van der Waals surface area contributed by atoms with Crippen molar-refractivity contribution in [3.63, 3.8) is 0 Å². The van der Waals surface area contributed by atoms with Crippen LogP contribution in [0.4, 0.5) is 0 Å². The van der Waals surface area contributed by atoms with Crippen LogP contribution in [0.5, 0.6) is 0 Å². The van der Waals surface area contributed by atoms with Crippen molar-refractivity contribution in [1.82, 2.24) is 5.32 Å². The number of carbonyl (C=O) groups excluding carboxylic acids is 1. The van der Waals surface area contributed by atoms with Gasteiger partial charge in [0.2, 0.25) is 5.91 Å². The molecule has 14 nitrogen and oxygen atoms in total. The van der Waals surface area contributed by atoms with Gasteiger partial charge in [0.15, 0.2) is 12.6 Å². The molecule has 0 saturated carbocycles. The van der Waals surface area contributed by atoms with E-state index in [9.17, 15) is 45.6 Å². The lowest BCUT2D eigenvalue weighted by atomic mass is 9.97. The van der Waals surface area contributed by atoms with E-state index in [-0.39, 0.29) is 18.9 Å². The third-order valence-corrected chi connectivity index (χ3v) is 10.3. The minimum absolute atomic E-state index is 0.244. The number of allylic oxidation sites excluding steroid dienone is 7. The Hall–Kier alpha value is -2.05. The molecule has 2 heterocycles. The predicted molar refractivity (Wildman–Crippen MR) is 217 cm³/mol. The molecule has 12 unspecified atom stereocenters. The fourth-order valence-electron chi connectivity index (χ4n) is 6.71. The van der Waals surface area contributed by atoms with Gasteiger partial charge >= 0.3 is 0 Å². The van der Waals surface area contributed by atoms with E-state index >= 15 is 0 Å². The highest BCUT2D eigenvalue weighted by Gasteiger charge is 2.50. The molecule has 0 aliphatic carbocycles. The Morgan fingerprint density at radius 3 is 1.86 bits per heavy atom. The molecule has 0 aromatic rings. The van der Waals surface area contributed by atoms with E-state index < -0.39 is 86.8 Å². The predicted octanol–water partition coefficient (Wildman–Crippen LogP) is 3.37. The Balaban J connectivity index is 1.95. The molecule has 2 saturated heterocycles. The van der Waals surface area contributed by atoms with Crippen molar-refractivity contribution in [3.8, 4) is 0 Å². The normalized spacial score (nSPS) is 29.6. The van der Waals surface area contributed by atoms with E-state index in [1.165, 1.54) is 32.1 Å². The van der Waals surface area contributed by atoms with Crippen LogP contribution in [0, 0.1) is 0 Å². The zero-order valence-corrected chi connectivity index (χ0v) is 34.3. The molecule has 0 aromatic heterocycles. The number of aliphatic hydroxyl groups excluding tert-OH is 8. The van der Waals surface area contributed by atoms with E-state index in [1.807, 2.05) is 6.08 Å². The average molecular weight is 814 g/mol. The van der Waals surface area contributed by atoms with Gasteiger partial charge in [-0.3, -0.25) is 4.79 Å². The number of rotatable bonds is 30. The first-order chi connectivity index (χ1) is 27.6. The van der Waals surface area contributed by atoms with E-state index in [0.717, 1.165) is 64.2 Å². The zero-order valence-electron chi connectivity index (χ0n) is 34.3. The van der Waals surface area contributed by atoms with Gasteiger partial charge in [0.05, 0.1) is 32.0 Å². The summed E-state index contributed by atoms with van der Waals surface area (Å²) in [6, 6.07) is -0.927. The second-order valence-corrected chi connectivity index (χ2v) is 15.1. The Morgan fingerprint density at radius 2 is 1.21 bits per heavy atom. The summed E-state index contributed by atoms with van der Waals surface area (Å²) in [4.78, 5) is 13.0.